The molecule has 0 fully saturated rings. The molecule has 0 N–H and O–H groups in total. The zero-order valence-electron chi connectivity index (χ0n) is 22.2. The molecule has 2 atom stereocenters. The van der Waals surface area contributed by atoms with Crippen LogP contribution < -0.4 is 0 Å². The molecule has 0 aliphatic carbocycles. The van der Waals surface area contributed by atoms with Crippen LogP contribution in [-0.2, 0) is 46.6 Å². The second kappa shape index (κ2) is 13.6. The Morgan fingerprint density at radius 1 is 0.892 bits per heavy atom. The van der Waals surface area contributed by atoms with Crippen LogP contribution in [0.4, 0.5) is 4.79 Å². The summed E-state index contributed by atoms with van der Waals surface area (Å²) in [7, 11) is -3.82. The predicted molar refractivity (Wildman–Crippen MR) is 138 cm³/mol. The molecule has 9 nitrogen and oxygen atoms in total. The largest absolute Gasteiger partial charge is 0.458 e. The molecule has 2 rings (SSSR count). The van der Waals surface area contributed by atoms with E-state index >= 15 is 0 Å². The van der Waals surface area contributed by atoms with Crippen LogP contribution in [0.15, 0.2) is 60.7 Å². The van der Waals surface area contributed by atoms with E-state index in [1.165, 1.54) is 0 Å². The minimum atomic E-state index is -3.82. The summed E-state index contributed by atoms with van der Waals surface area (Å²) in [5, 5.41) is 0.848. The summed E-state index contributed by atoms with van der Waals surface area (Å²) < 4.78 is 39.8. The standard InChI is InChI=1S/C27H37NO8S/c1-20(2)23(19-35-37(6,31)32)24(25(29)36-27(3,4)5)28(34-18-22-15-11-8-12-16-22)26(30)33-17-21-13-9-7-10-14-21/h7-16,20,23-24H,17-19H2,1-6H3/t23-,24+/m1/s1. The van der Waals surface area contributed by atoms with Crippen LogP contribution in [0.1, 0.15) is 45.7 Å². The zero-order valence-corrected chi connectivity index (χ0v) is 23.1. The van der Waals surface area contributed by atoms with E-state index in [-0.39, 0.29) is 25.7 Å². The first kappa shape index (κ1) is 30.3. The van der Waals surface area contributed by atoms with E-state index in [0.717, 1.165) is 22.4 Å². The predicted octanol–water partition coefficient (Wildman–Crippen LogP) is 4.72. The van der Waals surface area contributed by atoms with Gasteiger partial charge in [-0.2, -0.15) is 13.5 Å². The molecule has 0 aliphatic heterocycles. The van der Waals surface area contributed by atoms with Crippen molar-refractivity contribution in [3.8, 4) is 0 Å². The third-order valence-electron chi connectivity index (χ3n) is 5.24. The lowest BCUT2D eigenvalue weighted by Crippen LogP contribution is -2.53. The van der Waals surface area contributed by atoms with E-state index < -0.39 is 39.7 Å². The summed E-state index contributed by atoms with van der Waals surface area (Å²) in [4.78, 5) is 32.8. The van der Waals surface area contributed by atoms with Gasteiger partial charge in [-0.25, -0.2) is 9.59 Å². The third-order valence-corrected chi connectivity index (χ3v) is 5.80. The van der Waals surface area contributed by atoms with Crippen molar-refractivity contribution in [1.82, 2.24) is 5.06 Å². The van der Waals surface area contributed by atoms with Crippen LogP contribution in [0.25, 0.3) is 0 Å². The van der Waals surface area contributed by atoms with Crippen LogP contribution in [0.2, 0.25) is 0 Å². The van der Waals surface area contributed by atoms with Gasteiger partial charge in [0.1, 0.15) is 18.8 Å². The second-order valence-corrected chi connectivity index (χ2v) is 11.6. The van der Waals surface area contributed by atoms with Crippen molar-refractivity contribution < 1.29 is 36.5 Å². The molecular weight excluding hydrogens is 498 g/mol. The lowest BCUT2D eigenvalue weighted by molar-refractivity contribution is -0.209. The highest BCUT2D eigenvalue weighted by Crippen LogP contribution is 2.26. The van der Waals surface area contributed by atoms with Crippen molar-refractivity contribution in [1.29, 1.82) is 0 Å². The topological polar surface area (TPSA) is 108 Å². The van der Waals surface area contributed by atoms with E-state index in [0.29, 0.717) is 0 Å². The third kappa shape index (κ3) is 10.9. The summed E-state index contributed by atoms with van der Waals surface area (Å²) >= 11 is 0. The Hall–Kier alpha value is -2.95. The summed E-state index contributed by atoms with van der Waals surface area (Å²) in [6, 6.07) is 16.8. The van der Waals surface area contributed by atoms with Crippen molar-refractivity contribution in [2.75, 3.05) is 12.9 Å². The molecule has 0 radical (unpaired) electrons. The van der Waals surface area contributed by atoms with Gasteiger partial charge in [-0.15, -0.1) is 0 Å². The van der Waals surface area contributed by atoms with Crippen molar-refractivity contribution >= 4 is 22.2 Å². The van der Waals surface area contributed by atoms with Crippen molar-refractivity contribution in [3.05, 3.63) is 71.8 Å². The van der Waals surface area contributed by atoms with E-state index in [1.54, 1.807) is 46.8 Å². The van der Waals surface area contributed by atoms with Crippen LogP contribution in [0.3, 0.4) is 0 Å². The first-order valence-corrected chi connectivity index (χ1v) is 13.8. The number of carbonyl (C=O) groups is 2. The van der Waals surface area contributed by atoms with Crippen LogP contribution in [0, 0.1) is 11.8 Å². The number of hydrogen-bond acceptors (Lipinski definition) is 8. The van der Waals surface area contributed by atoms with Gasteiger partial charge in [0.15, 0.2) is 6.04 Å². The lowest BCUT2D eigenvalue weighted by Gasteiger charge is -2.36. The van der Waals surface area contributed by atoms with Gasteiger partial charge in [0.05, 0.1) is 12.9 Å². The normalized spacial score (nSPS) is 13.6. The number of hydrogen-bond donors (Lipinski definition) is 0. The minimum Gasteiger partial charge on any atom is -0.458 e. The zero-order chi connectivity index (χ0) is 27.6. The van der Waals surface area contributed by atoms with Gasteiger partial charge in [-0.05, 0) is 37.8 Å². The number of amides is 1. The maximum absolute atomic E-state index is 13.5. The Morgan fingerprint density at radius 3 is 1.86 bits per heavy atom. The monoisotopic (exact) mass is 535 g/mol. The fourth-order valence-electron chi connectivity index (χ4n) is 3.40. The van der Waals surface area contributed by atoms with Crippen LogP contribution in [-0.4, -0.2) is 50.0 Å². The number of nitrogens with zero attached hydrogens (tertiary/aromatic N) is 1. The lowest BCUT2D eigenvalue weighted by atomic mass is 9.88. The highest BCUT2D eigenvalue weighted by atomic mass is 32.2. The molecule has 0 bridgehead atoms. The first-order chi connectivity index (χ1) is 17.3. The molecule has 0 unspecified atom stereocenters. The second-order valence-electron chi connectivity index (χ2n) is 10.00. The Balaban J connectivity index is 2.45. The molecule has 2 aromatic rings. The summed E-state index contributed by atoms with van der Waals surface area (Å²) in [6.07, 6.45) is 0.00523. The van der Waals surface area contributed by atoms with E-state index in [1.807, 2.05) is 48.5 Å². The minimum absolute atomic E-state index is 0.0433. The Kier molecular flexibility index (Phi) is 11.1. The average molecular weight is 536 g/mol. The smallest absolute Gasteiger partial charge is 0.435 e. The summed E-state index contributed by atoms with van der Waals surface area (Å²) in [5.41, 5.74) is 0.612. The van der Waals surface area contributed by atoms with Gasteiger partial charge < -0.3 is 9.47 Å². The van der Waals surface area contributed by atoms with Crippen molar-refractivity contribution in [2.24, 2.45) is 11.8 Å². The SMILES string of the molecule is CC(C)[C@@H](COS(C)(=O)=O)[C@@H](C(=O)OC(C)(C)C)N(OCc1ccccc1)C(=O)OCc1ccccc1. The van der Waals surface area contributed by atoms with Gasteiger partial charge in [0.25, 0.3) is 10.1 Å². The van der Waals surface area contributed by atoms with E-state index in [2.05, 4.69) is 0 Å². The van der Waals surface area contributed by atoms with Crippen molar-refractivity contribution in [3.63, 3.8) is 0 Å². The van der Waals surface area contributed by atoms with Gasteiger partial charge >= 0.3 is 12.1 Å². The number of carbonyl (C=O) groups excluding carboxylic acids is 2. The number of rotatable bonds is 12. The fourth-order valence-corrected chi connectivity index (χ4v) is 3.81. The Morgan fingerprint density at radius 2 is 1.41 bits per heavy atom. The fraction of sp³-hybridized carbons (Fsp3) is 0.481. The molecular formula is C27H37NO8S. The molecule has 10 heteroatoms. The highest BCUT2D eigenvalue weighted by Gasteiger charge is 2.43. The van der Waals surface area contributed by atoms with Gasteiger partial charge in [-0.1, -0.05) is 74.5 Å². The molecule has 0 saturated heterocycles. The molecule has 1 amide bonds. The number of esters is 1. The molecule has 0 spiro atoms. The van der Waals surface area contributed by atoms with Crippen molar-refractivity contribution in [2.45, 2.75) is 59.5 Å². The molecule has 37 heavy (non-hydrogen) atoms. The molecule has 0 heterocycles. The Labute approximate surface area is 219 Å². The average Bonchev–Trinajstić information content (AvgIpc) is 2.81. The number of hydroxylamine groups is 2. The Bertz CT molecular complexity index is 1100. The number of benzene rings is 2. The molecule has 2 aromatic carbocycles. The molecule has 0 aliphatic rings. The summed E-state index contributed by atoms with van der Waals surface area (Å²) in [6.45, 7) is 8.21. The highest BCUT2D eigenvalue weighted by molar-refractivity contribution is 7.85. The van der Waals surface area contributed by atoms with Gasteiger partial charge in [0.2, 0.25) is 0 Å². The molecule has 0 saturated carbocycles. The maximum Gasteiger partial charge on any atom is 0.435 e. The maximum atomic E-state index is 13.5. The summed E-state index contributed by atoms with van der Waals surface area (Å²) in [5.74, 6) is -1.87. The van der Waals surface area contributed by atoms with E-state index in [9.17, 15) is 18.0 Å². The first-order valence-electron chi connectivity index (χ1n) is 12.0. The molecule has 0 aromatic heterocycles. The van der Waals surface area contributed by atoms with Crippen LogP contribution >= 0.6 is 0 Å². The molecule has 204 valence electrons. The number of ether oxygens (including phenoxy) is 2. The van der Waals surface area contributed by atoms with Gasteiger partial charge in [0, 0.05) is 5.92 Å². The van der Waals surface area contributed by atoms with Gasteiger partial charge in [-0.3, -0.25) is 9.02 Å². The van der Waals surface area contributed by atoms with Crippen LogP contribution in [0.5, 0.6) is 0 Å². The quantitative estimate of drug-likeness (QED) is 0.218. The van der Waals surface area contributed by atoms with E-state index in [4.69, 9.17) is 18.5 Å².